The van der Waals surface area contributed by atoms with Crippen molar-refractivity contribution in [3.63, 3.8) is 0 Å². The van der Waals surface area contributed by atoms with Gasteiger partial charge >= 0.3 is 6.09 Å². The smallest absolute Gasteiger partial charge is 0.412 e. The van der Waals surface area contributed by atoms with E-state index in [-0.39, 0.29) is 11.4 Å². The summed E-state index contributed by atoms with van der Waals surface area (Å²) in [5.74, 6) is 5.55. The van der Waals surface area contributed by atoms with E-state index in [2.05, 4.69) is 20.4 Å². The fourth-order valence-corrected chi connectivity index (χ4v) is 3.02. The largest absolute Gasteiger partial charge is 0.444 e. The molecule has 1 aliphatic rings. The van der Waals surface area contributed by atoms with E-state index in [0.717, 1.165) is 30.2 Å². The normalized spacial score (nSPS) is 14.9. The summed E-state index contributed by atoms with van der Waals surface area (Å²) in [5.41, 5.74) is 1.15. The lowest BCUT2D eigenvalue weighted by Crippen LogP contribution is -2.38. The van der Waals surface area contributed by atoms with Crippen molar-refractivity contribution < 1.29 is 19.1 Å². The van der Waals surface area contributed by atoms with Crippen LogP contribution in [0.1, 0.15) is 36.8 Å². The van der Waals surface area contributed by atoms with Gasteiger partial charge in [0.15, 0.2) is 0 Å². The Labute approximate surface area is 175 Å². The number of anilines is 2. The van der Waals surface area contributed by atoms with Crippen LogP contribution in [0, 0.1) is 0 Å². The van der Waals surface area contributed by atoms with Gasteiger partial charge in [-0.15, -0.1) is 0 Å². The average Bonchev–Trinajstić information content (AvgIpc) is 3.14. The fourth-order valence-electron chi connectivity index (χ4n) is 3.02. The minimum atomic E-state index is -0.686. The molecule has 2 aromatic rings. The molecule has 10 heteroatoms. The van der Waals surface area contributed by atoms with Crippen molar-refractivity contribution in [1.82, 2.24) is 15.1 Å². The van der Waals surface area contributed by atoms with Crippen LogP contribution in [0.2, 0.25) is 0 Å². The van der Waals surface area contributed by atoms with Crippen LogP contribution < -0.4 is 16.2 Å². The molecule has 1 saturated heterocycles. The Balaban J connectivity index is 1.69. The molecule has 30 heavy (non-hydrogen) atoms. The van der Waals surface area contributed by atoms with Crippen molar-refractivity contribution >= 4 is 23.4 Å². The molecule has 0 radical (unpaired) electrons. The zero-order chi connectivity index (χ0) is 21.7. The second-order valence-corrected chi connectivity index (χ2v) is 8.02. The van der Waals surface area contributed by atoms with Gasteiger partial charge in [-0.1, -0.05) is 12.1 Å². The van der Waals surface area contributed by atoms with E-state index in [1.165, 1.54) is 6.20 Å². The summed E-state index contributed by atoms with van der Waals surface area (Å²) in [5, 5.41) is 9.99. The third kappa shape index (κ3) is 5.78. The lowest BCUT2D eigenvalue weighted by molar-refractivity contribution is 0.0342. The van der Waals surface area contributed by atoms with E-state index in [1.807, 2.05) is 18.2 Å². The van der Waals surface area contributed by atoms with E-state index in [1.54, 1.807) is 26.8 Å². The predicted octanol–water partition coefficient (Wildman–Crippen LogP) is 2.11. The molecule has 1 aromatic heterocycles. The molecule has 1 aromatic carbocycles. The lowest BCUT2D eigenvalue weighted by atomic mass is 10.1. The summed E-state index contributed by atoms with van der Waals surface area (Å²) in [6.07, 6.45) is 0.647. The molecule has 1 aliphatic heterocycles. The standard InChI is InChI=1S/C20H28N6O4/c1-20(2,3)30-19(28)23-16-12-22-24-17(16)18(27)26(21)15-6-4-5-14(11-15)13-25-7-9-29-10-8-25/h4-6,11-12H,7-10,13,21H2,1-3H3,(H,22,24)(H,23,28). The molecule has 162 valence electrons. The van der Waals surface area contributed by atoms with Gasteiger partial charge in [0.05, 0.1) is 30.8 Å². The monoisotopic (exact) mass is 416 g/mol. The van der Waals surface area contributed by atoms with Gasteiger partial charge in [-0.3, -0.25) is 20.1 Å². The zero-order valence-electron chi connectivity index (χ0n) is 17.5. The molecule has 2 amide bonds. The van der Waals surface area contributed by atoms with Crippen LogP contribution in [0.25, 0.3) is 0 Å². The maximum Gasteiger partial charge on any atom is 0.412 e. The highest BCUT2D eigenvalue weighted by Crippen LogP contribution is 2.21. The van der Waals surface area contributed by atoms with Crippen LogP contribution in [0.3, 0.4) is 0 Å². The first-order valence-corrected chi connectivity index (χ1v) is 9.74. The quantitative estimate of drug-likeness (QED) is 0.387. The Morgan fingerprint density at radius 3 is 2.77 bits per heavy atom. The van der Waals surface area contributed by atoms with Gasteiger partial charge in [-0.25, -0.2) is 15.6 Å². The third-order valence-corrected chi connectivity index (χ3v) is 4.41. The van der Waals surface area contributed by atoms with Crippen LogP contribution in [0.4, 0.5) is 16.2 Å². The molecule has 3 rings (SSSR count). The first-order chi connectivity index (χ1) is 14.2. The van der Waals surface area contributed by atoms with Gasteiger partial charge in [0.1, 0.15) is 11.3 Å². The van der Waals surface area contributed by atoms with Crippen LogP contribution in [0.15, 0.2) is 30.5 Å². The minimum Gasteiger partial charge on any atom is -0.444 e. The van der Waals surface area contributed by atoms with Crippen molar-refractivity contribution in [1.29, 1.82) is 0 Å². The van der Waals surface area contributed by atoms with Gasteiger partial charge in [0.2, 0.25) is 0 Å². The average molecular weight is 416 g/mol. The van der Waals surface area contributed by atoms with Crippen LogP contribution >= 0.6 is 0 Å². The maximum absolute atomic E-state index is 12.9. The number of ether oxygens (including phenoxy) is 2. The van der Waals surface area contributed by atoms with E-state index in [0.29, 0.717) is 18.9 Å². The van der Waals surface area contributed by atoms with Crippen LogP contribution in [-0.4, -0.2) is 59.0 Å². The molecule has 0 aliphatic carbocycles. The number of amides is 2. The highest BCUT2D eigenvalue weighted by molar-refractivity contribution is 6.08. The number of nitrogens with zero attached hydrogens (tertiary/aromatic N) is 3. The molecule has 0 bridgehead atoms. The summed E-state index contributed by atoms with van der Waals surface area (Å²) < 4.78 is 10.6. The number of nitrogens with one attached hydrogen (secondary N) is 2. The van der Waals surface area contributed by atoms with Gasteiger partial charge in [0.25, 0.3) is 5.91 Å². The molecular weight excluding hydrogens is 388 g/mol. The summed E-state index contributed by atoms with van der Waals surface area (Å²) in [7, 11) is 0. The zero-order valence-corrected chi connectivity index (χ0v) is 17.5. The van der Waals surface area contributed by atoms with Gasteiger partial charge in [0, 0.05) is 19.6 Å². The van der Waals surface area contributed by atoms with Gasteiger partial charge < -0.3 is 9.47 Å². The van der Waals surface area contributed by atoms with Crippen molar-refractivity contribution in [2.75, 3.05) is 36.6 Å². The second-order valence-electron chi connectivity index (χ2n) is 8.02. The SMILES string of the molecule is CC(C)(C)OC(=O)Nc1cn[nH]c1C(=O)N(N)c1cccc(CN2CCOCC2)c1. The number of aromatic amines is 1. The fraction of sp³-hybridized carbons (Fsp3) is 0.450. The van der Waals surface area contributed by atoms with E-state index < -0.39 is 17.6 Å². The number of carbonyl (C=O) groups is 2. The first-order valence-electron chi connectivity index (χ1n) is 9.74. The summed E-state index contributed by atoms with van der Waals surface area (Å²) in [6, 6.07) is 7.46. The van der Waals surface area contributed by atoms with Crippen molar-refractivity contribution in [3.05, 3.63) is 41.7 Å². The molecule has 0 unspecified atom stereocenters. The number of hydrazine groups is 1. The molecule has 1 fully saturated rings. The second kappa shape index (κ2) is 9.24. The number of H-pyrrole nitrogens is 1. The highest BCUT2D eigenvalue weighted by Gasteiger charge is 2.23. The molecule has 4 N–H and O–H groups in total. The van der Waals surface area contributed by atoms with Crippen molar-refractivity contribution in [3.8, 4) is 0 Å². The molecule has 0 saturated carbocycles. The van der Waals surface area contributed by atoms with Crippen LogP contribution in [0.5, 0.6) is 0 Å². The van der Waals surface area contributed by atoms with E-state index >= 15 is 0 Å². The van der Waals surface area contributed by atoms with Crippen LogP contribution in [-0.2, 0) is 16.0 Å². The summed E-state index contributed by atoms with van der Waals surface area (Å²) in [4.78, 5) is 27.2. The van der Waals surface area contributed by atoms with E-state index in [4.69, 9.17) is 15.3 Å². The number of nitrogens with two attached hydrogens (primary N) is 1. The topological polar surface area (TPSA) is 126 Å². The molecule has 0 atom stereocenters. The Morgan fingerprint density at radius 1 is 1.33 bits per heavy atom. The number of benzene rings is 1. The first kappa shape index (κ1) is 21.8. The van der Waals surface area contributed by atoms with Crippen molar-refractivity contribution in [2.24, 2.45) is 5.84 Å². The number of hydrogen-bond acceptors (Lipinski definition) is 7. The molecule has 0 spiro atoms. The molecule has 10 nitrogen and oxygen atoms in total. The lowest BCUT2D eigenvalue weighted by Gasteiger charge is -2.27. The van der Waals surface area contributed by atoms with Gasteiger partial charge in [-0.05, 0) is 38.5 Å². The summed E-state index contributed by atoms with van der Waals surface area (Å²) in [6.45, 7) is 9.16. The highest BCUT2D eigenvalue weighted by atomic mass is 16.6. The minimum absolute atomic E-state index is 0.0574. The number of aromatic nitrogens is 2. The summed E-state index contributed by atoms with van der Waals surface area (Å²) >= 11 is 0. The maximum atomic E-state index is 12.9. The Morgan fingerprint density at radius 2 is 2.07 bits per heavy atom. The van der Waals surface area contributed by atoms with Gasteiger partial charge in [-0.2, -0.15) is 5.10 Å². The predicted molar refractivity (Wildman–Crippen MR) is 112 cm³/mol. The number of morpholine rings is 1. The number of hydrogen-bond donors (Lipinski definition) is 3. The van der Waals surface area contributed by atoms with E-state index in [9.17, 15) is 9.59 Å². The Hall–Kier alpha value is -2.95. The molecular formula is C20H28N6O4. The Kier molecular flexibility index (Phi) is 6.70. The third-order valence-electron chi connectivity index (χ3n) is 4.41. The molecule has 2 heterocycles. The van der Waals surface area contributed by atoms with Crippen molar-refractivity contribution in [2.45, 2.75) is 32.9 Å². The number of rotatable bonds is 5. The Bertz CT molecular complexity index is 885. The number of carbonyl (C=O) groups excluding carboxylic acids is 2.